The standard InChI is InChI=1S/C19H18O2/c1-21-19(20)18-11-10-16-15-7-6-12-4-2-3-5-13(12)14(15)8-9-17(16)18/h6-12H,2-5H2,1H3. The van der Waals surface area contributed by atoms with E-state index in [9.17, 15) is 4.79 Å². The fraction of sp³-hybridized carbons (Fsp3) is 0.316. The zero-order chi connectivity index (χ0) is 14.4. The van der Waals surface area contributed by atoms with Crippen molar-refractivity contribution in [2.24, 2.45) is 5.92 Å². The van der Waals surface area contributed by atoms with Gasteiger partial charge in [0.2, 0.25) is 0 Å². The number of hydrogen-bond donors (Lipinski definition) is 0. The number of allylic oxidation sites excluding steroid dienone is 1. The van der Waals surface area contributed by atoms with E-state index in [1.807, 2.05) is 6.08 Å². The first-order valence-electron chi connectivity index (χ1n) is 7.64. The molecule has 1 unspecified atom stereocenters. The van der Waals surface area contributed by atoms with Crippen molar-refractivity contribution in [3.8, 4) is 0 Å². The summed E-state index contributed by atoms with van der Waals surface area (Å²) in [6.45, 7) is 0. The van der Waals surface area contributed by atoms with E-state index >= 15 is 0 Å². The molecule has 0 spiro atoms. The van der Waals surface area contributed by atoms with Crippen LogP contribution in [0.5, 0.6) is 0 Å². The highest BCUT2D eigenvalue weighted by molar-refractivity contribution is 6.17. The van der Waals surface area contributed by atoms with Crippen LogP contribution in [-0.2, 0) is 9.53 Å². The highest BCUT2D eigenvalue weighted by atomic mass is 16.5. The molecule has 1 aromatic carbocycles. The van der Waals surface area contributed by atoms with Crippen LogP contribution in [0.25, 0.3) is 23.3 Å². The Balaban J connectivity index is 1.99. The molecular weight excluding hydrogens is 260 g/mol. The van der Waals surface area contributed by atoms with Gasteiger partial charge in [0.05, 0.1) is 12.7 Å². The van der Waals surface area contributed by atoms with Gasteiger partial charge in [0.25, 0.3) is 0 Å². The molecule has 0 radical (unpaired) electrons. The Kier molecular flexibility index (Phi) is 2.85. The summed E-state index contributed by atoms with van der Waals surface area (Å²) < 4.78 is 4.87. The molecule has 1 saturated carbocycles. The molecule has 0 heterocycles. The first-order chi connectivity index (χ1) is 10.3. The predicted octanol–water partition coefficient (Wildman–Crippen LogP) is 2.40. The minimum absolute atomic E-state index is 0.257. The lowest BCUT2D eigenvalue weighted by atomic mass is 9.78. The lowest BCUT2D eigenvalue weighted by molar-refractivity contribution is -0.133. The zero-order valence-electron chi connectivity index (χ0n) is 12.2. The molecule has 1 fully saturated rings. The summed E-state index contributed by atoms with van der Waals surface area (Å²) in [5.41, 5.74) is 4.69. The van der Waals surface area contributed by atoms with Crippen LogP contribution in [-0.4, -0.2) is 13.1 Å². The molecule has 1 atom stereocenters. The van der Waals surface area contributed by atoms with E-state index < -0.39 is 0 Å². The summed E-state index contributed by atoms with van der Waals surface area (Å²) in [5.74, 6) is 0.367. The fourth-order valence-corrected chi connectivity index (χ4v) is 3.85. The third-order valence-corrected chi connectivity index (χ3v) is 4.90. The third-order valence-electron chi connectivity index (χ3n) is 4.90. The minimum Gasteiger partial charge on any atom is -0.465 e. The predicted molar refractivity (Wildman–Crippen MR) is 84.6 cm³/mol. The molecule has 0 amide bonds. The van der Waals surface area contributed by atoms with Gasteiger partial charge >= 0.3 is 5.97 Å². The van der Waals surface area contributed by atoms with Gasteiger partial charge < -0.3 is 4.74 Å². The van der Waals surface area contributed by atoms with E-state index in [2.05, 4.69) is 30.4 Å². The van der Waals surface area contributed by atoms with Crippen LogP contribution < -0.4 is 10.4 Å². The molecule has 3 aliphatic carbocycles. The molecule has 0 aromatic heterocycles. The van der Waals surface area contributed by atoms with Crippen molar-refractivity contribution in [2.45, 2.75) is 25.7 Å². The SMILES string of the molecule is COC(=O)C1=c2ccc3c(c2C=C1)C=CC1CCCCC=31. The van der Waals surface area contributed by atoms with Gasteiger partial charge in [-0.15, -0.1) is 0 Å². The highest BCUT2D eigenvalue weighted by Crippen LogP contribution is 2.34. The van der Waals surface area contributed by atoms with Crippen LogP contribution in [0, 0.1) is 5.92 Å². The largest absolute Gasteiger partial charge is 0.465 e. The number of esters is 1. The number of benzene rings is 1. The lowest BCUT2D eigenvalue weighted by Gasteiger charge is -2.26. The summed E-state index contributed by atoms with van der Waals surface area (Å²) in [6.07, 6.45) is 13.6. The van der Waals surface area contributed by atoms with Crippen molar-refractivity contribution in [1.29, 1.82) is 0 Å². The maximum absolute atomic E-state index is 11.8. The van der Waals surface area contributed by atoms with Gasteiger partial charge in [-0.05, 0) is 52.8 Å². The maximum Gasteiger partial charge on any atom is 0.338 e. The Labute approximate surface area is 124 Å². The second-order valence-electron chi connectivity index (χ2n) is 5.96. The second kappa shape index (κ2) is 4.73. The van der Waals surface area contributed by atoms with Crippen molar-refractivity contribution in [3.63, 3.8) is 0 Å². The summed E-state index contributed by atoms with van der Waals surface area (Å²) in [6, 6.07) is 4.28. The summed E-state index contributed by atoms with van der Waals surface area (Å²) in [4.78, 5) is 11.8. The molecule has 2 heteroatoms. The zero-order valence-corrected chi connectivity index (χ0v) is 12.2. The number of carbonyl (C=O) groups is 1. The molecule has 0 aliphatic heterocycles. The van der Waals surface area contributed by atoms with Crippen LogP contribution in [0.3, 0.4) is 0 Å². The third kappa shape index (κ3) is 1.82. The Morgan fingerprint density at radius 1 is 1.10 bits per heavy atom. The van der Waals surface area contributed by atoms with Crippen molar-refractivity contribution in [3.05, 3.63) is 45.8 Å². The van der Waals surface area contributed by atoms with Crippen LogP contribution in [0.4, 0.5) is 0 Å². The van der Waals surface area contributed by atoms with Gasteiger partial charge in [0.1, 0.15) is 0 Å². The van der Waals surface area contributed by atoms with E-state index in [-0.39, 0.29) is 5.97 Å². The Bertz CT molecular complexity index is 809. The van der Waals surface area contributed by atoms with Gasteiger partial charge in [-0.25, -0.2) is 4.79 Å². The van der Waals surface area contributed by atoms with Gasteiger partial charge in [0, 0.05) is 0 Å². The summed E-state index contributed by atoms with van der Waals surface area (Å²) in [5, 5.41) is 2.39. The van der Waals surface area contributed by atoms with E-state index in [0.29, 0.717) is 11.5 Å². The van der Waals surface area contributed by atoms with Crippen LogP contribution in [0.1, 0.15) is 36.8 Å². The molecule has 4 rings (SSSR count). The van der Waals surface area contributed by atoms with E-state index in [1.54, 1.807) is 5.57 Å². The fourth-order valence-electron chi connectivity index (χ4n) is 3.85. The number of hydrogen-bond acceptors (Lipinski definition) is 2. The maximum atomic E-state index is 11.8. The average Bonchev–Trinajstić information content (AvgIpc) is 2.98. The molecule has 2 nitrogen and oxygen atoms in total. The first kappa shape index (κ1) is 12.6. The van der Waals surface area contributed by atoms with Crippen molar-refractivity contribution in [2.75, 3.05) is 7.11 Å². The van der Waals surface area contributed by atoms with Gasteiger partial charge in [-0.3, -0.25) is 0 Å². The molecule has 106 valence electrons. The number of ether oxygens (including phenoxy) is 1. The Morgan fingerprint density at radius 2 is 1.90 bits per heavy atom. The molecule has 0 bridgehead atoms. The van der Waals surface area contributed by atoms with E-state index in [0.717, 1.165) is 5.22 Å². The topological polar surface area (TPSA) is 26.3 Å². The van der Waals surface area contributed by atoms with Crippen LogP contribution in [0.2, 0.25) is 0 Å². The first-order valence-corrected chi connectivity index (χ1v) is 7.64. The second-order valence-corrected chi connectivity index (χ2v) is 5.96. The molecule has 0 saturated heterocycles. The number of carbonyl (C=O) groups excluding carboxylic acids is 1. The molecule has 1 aromatic rings. The smallest absolute Gasteiger partial charge is 0.338 e. The molecule has 3 aliphatic rings. The molecule has 0 N–H and O–H groups in total. The monoisotopic (exact) mass is 278 g/mol. The van der Waals surface area contributed by atoms with Crippen molar-refractivity contribution in [1.82, 2.24) is 0 Å². The number of rotatable bonds is 1. The minimum atomic E-state index is -0.257. The van der Waals surface area contributed by atoms with E-state index in [4.69, 9.17) is 4.74 Å². The number of methoxy groups -OCH3 is 1. The number of fused-ring (bicyclic) bond motifs is 4. The van der Waals surface area contributed by atoms with E-state index in [1.165, 1.54) is 49.1 Å². The average molecular weight is 278 g/mol. The Morgan fingerprint density at radius 3 is 2.76 bits per heavy atom. The van der Waals surface area contributed by atoms with Gasteiger partial charge in [0.15, 0.2) is 0 Å². The van der Waals surface area contributed by atoms with Gasteiger partial charge in [-0.1, -0.05) is 42.4 Å². The quantitative estimate of drug-likeness (QED) is 0.737. The Hall–Kier alpha value is -2.09. The van der Waals surface area contributed by atoms with Crippen molar-refractivity contribution < 1.29 is 9.53 Å². The highest BCUT2D eigenvalue weighted by Gasteiger charge is 2.23. The summed E-state index contributed by atoms with van der Waals surface area (Å²) in [7, 11) is 1.43. The van der Waals surface area contributed by atoms with Crippen LogP contribution >= 0.6 is 0 Å². The molecular formula is C19H18O2. The lowest BCUT2D eigenvalue weighted by Crippen LogP contribution is -2.26. The van der Waals surface area contributed by atoms with Crippen molar-refractivity contribution >= 4 is 29.3 Å². The summed E-state index contributed by atoms with van der Waals surface area (Å²) >= 11 is 0. The van der Waals surface area contributed by atoms with Gasteiger partial charge in [-0.2, -0.15) is 0 Å². The van der Waals surface area contributed by atoms with Crippen LogP contribution in [0.15, 0.2) is 24.3 Å². The molecule has 21 heavy (non-hydrogen) atoms. The normalized spacial score (nSPS) is 21.9.